The van der Waals surface area contributed by atoms with Crippen LogP contribution in [0.15, 0.2) is 54.9 Å². The second kappa shape index (κ2) is 10.5. The number of carbonyl (C=O) groups is 1. The van der Waals surface area contributed by atoms with Crippen molar-refractivity contribution in [2.75, 3.05) is 49.8 Å². The molecule has 0 fully saturated rings. The summed E-state index contributed by atoms with van der Waals surface area (Å²) in [6.45, 7) is 5.67. The van der Waals surface area contributed by atoms with E-state index in [1.165, 1.54) is 5.56 Å². The van der Waals surface area contributed by atoms with E-state index in [2.05, 4.69) is 55.5 Å². The minimum absolute atomic E-state index is 0.0367. The van der Waals surface area contributed by atoms with Gasteiger partial charge in [0.05, 0.1) is 17.1 Å². The van der Waals surface area contributed by atoms with E-state index < -0.39 is 0 Å². The van der Waals surface area contributed by atoms with Crippen molar-refractivity contribution in [1.82, 2.24) is 24.8 Å². The van der Waals surface area contributed by atoms with Gasteiger partial charge in [-0.15, -0.1) is 0 Å². The molecule has 0 unspecified atom stereocenters. The third kappa shape index (κ3) is 5.05. The molecule has 4 N–H and O–H groups in total. The molecule has 0 atom stereocenters. The van der Waals surface area contributed by atoms with Crippen LogP contribution in [0.5, 0.6) is 0 Å². The number of para-hydroxylation sites is 1. The molecule has 5 aromatic rings. The Morgan fingerprint density at radius 1 is 1.00 bits per heavy atom. The fourth-order valence-electron chi connectivity index (χ4n) is 4.59. The van der Waals surface area contributed by atoms with E-state index >= 15 is 0 Å². The first-order valence-corrected chi connectivity index (χ1v) is 12.8. The summed E-state index contributed by atoms with van der Waals surface area (Å²) in [6, 6.07) is 14.2. The minimum atomic E-state index is -0.0367. The van der Waals surface area contributed by atoms with E-state index in [9.17, 15) is 4.79 Å². The molecule has 9 heteroatoms. The molecular formula is C29H34N8O. The first-order valence-electron chi connectivity index (χ1n) is 12.8. The van der Waals surface area contributed by atoms with Crippen molar-refractivity contribution >= 4 is 50.9 Å². The number of amides is 1. The van der Waals surface area contributed by atoms with E-state index in [0.29, 0.717) is 12.4 Å². The Labute approximate surface area is 222 Å². The van der Waals surface area contributed by atoms with Gasteiger partial charge >= 0.3 is 0 Å². The zero-order chi connectivity index (χ0) is 26.8. The molecule has 9 nitrogen and oxygen atoms in total. The Morgan fingerprint density at radius 3 is 2.63 bits per heavy atom. The zero-order valence-electron chi connectivity index (χ0n) is 22.5. The standard InChI is InChI=1S/C29H34N8O/c1-6-25(38)33-23-16-19(10-11-24(23)37(5)15-14-36(3)4)32-29-34-27(21-12-13-30-28(21)35-29)22-17-31-26-18(2)8-7-9-20(22)26/h7-13,16-17,31H,6,14-15H2,1-5H3,(H,33,38)(H2,30,32,34,35). The molecule has 0 saturated heterocycles. The van der Waals surface area contributed by atoms with Gasteiger partial charge in [0.15, 0.2) is 0 Å². The first-order chi connectivity index (χ1) is 18.3. The monoisotopic (exact) mass is 510 g/mol. The Balaban J connectivity index is 1.52. The normalized spacial score (nSPS) is 11.4. The van der Waals surface area contributed by atoms with Crippen molar-refractivity contribution in [3.8, 4) is 11.3 Å². The largest absolute Gasteiger partial charge is 0.372 e. The molecule has 0 saturated carbocycles. The quantitative estimate of drug-likeness (QED) is 0.209. The number of aromatic nitrogens is 4. The number of aromatic amines is 2. The summed E-state index contributed by atoms with van der Waals surface area (Å²) in [5.41, 5.74) is 7.38. The molecule has 0 aliphatic heterocycles. The summed E-state index contributed by atoms with van der Waals surface area (Å²) >= 11 is 0. The van der Waals surface area contributed by atoms with Crippen LogP contribution in [0, 0.1) is 6.92 Å². The second-order valence-electron chi connectivity index (χ2n) is 9.82. The third-order valence-electron chi connectivity index (χ3n) is 6.74. The van der Waals surface area contributed by atoms with Gasteiger partial charge in [0.1, 0.15) is 5.65 Å². The predicted molar refractivity (Wildman–Crippen MR) is 156 cm³/mol. The maximum Gasteiger partial charge on any atom is 0.229 e. The predicted octanol–water partition coefficient (Wildman–Crippen LogP) is 5.50. The fourth-order valence-corrected chi connectivity index (χ4v) is 4.59. The summed E-state index contributed by atoms with van der Waals surface area (Å²) in [4.78, 5) is 32.9. The maximum absolute atomic E-state index is 12.3. The van der Waals surface area contributed by atoms with Crippen LogP contribution in [0.25, 0.3) is 33.2 Å². The average molecular weight is 511 g/mol. The number of likely N-dealkylation sites (N-methyl/N-ethyl adjacent to an activating group) is 2. The average Bonchev–Trinajstić information content (AvgIpc) is 3.55. The molecule has 38 heavy (non-hydrogen) atoms. The van der Waals surface area contributed by atoms with Gasteiger partial charge in [0.2, 0.25) is 11.9 Å². The Morgan fingerprint density at radius 2 is 1.84 bits per heavy atom. The molecule has 3 heterocycles. The number of fused-ring (bicyclic) bond motifs is 2. The Bertz CT molecular complexity index is 1600. The van der Waals surface area contributed by atoms with Gasteiger partial charge in [-0.25, -0.2) is 4.98 Å². The lowest BCUT2D eigenvalue weighted by molar-refractivity contribution is -0.115. The molecule has 0 bridgehead atoms. The van der Waals surface area contributed by atoms with Crippen LogP contribution in [-0.4, -0.2) is 65.0 Å². The van der Waals surface area contributed by atoms with Crippen molar-refractivity contribution < 1.29 is 4.79 Å². The van der Waals surface area contributed by atoms with Crippen molar-refractivity contribution in [2.24, 2.45) is 0 Å². The van der Waals surface area contributed by atoms with Gasteiger partial charge in [-0.2, -0.15) is 4.98 Å². The van der Waals surface area contributed by atoms with Crippen LogP contribution in [-0.2, 0) is 4.79 Å². The number of benzene rings is 2. The summed E-state index contributed by atoms with van der Waals surface area (Å²) in [6.07, 6.45) is 4.29. The number of nitrogens with one attached hydrogen (secondary N) is 4. The van der Waals surface area contributed by atoms with E-state index in [1.54, 1.807) is 0 Å². The summed E-state index contributed by atoms with van der Waals surface area (Å²) in [5.74, 6) is 0.434. The smallest absolute Gasteiger partial charge is 0.229 e. The van der Waals surface area contributed by atoms with Crippen molar-refractivity contribution in [3.63, 3.8) is 0 Å². The van der Waals surface area contributed by atoms with E-state index in [-0.39, 0.29) is 5.91 Å². The number of anilines is 4. The van der Waals surface area contributed by atoms with Crippen LogP contribution in [0.1, 0.15) is 18.9 Å². The topological polar surface area (TPSA) is 105 Å². The highest BCUT2D eigenvalue weighted by molar-refractivity contribution is 6.03. The SMILES string of the molecule is CCC(=O)Nc1cc(Nc2nc(-c3c[nH]c4c(C)cccc34)c3cc[nH]c3n2)ccc1N(C)CCN(C)C. The van der Waals surface area contributed by atoms with E-state index in [0.717, 1.165) is 63.3 Å². The van der Waals surface area contributed by atoms with Crippen LogP contribution in [0.4, 0.5) is 23.0 Å². The molecule has 5 rings (SSSR count). The molecular weight excluding hydrogens is 476 g/mol. The molecule has 0 aliphatic carbocycles. The Kier molecular flexibility index (Phi) is 7.02. The lowest BCUT2D eigenvalue weighted by atomic mass is 10.1. The fraction of sp³-hybridized carbons (Fsp3) is 0.276. The lowest BCUT2D eigenvalue weighted by Crippen LogP contribution is -2.29. The van der Waals surface area contributed by atoms with Gasteiger partial charge in [-0.05, 0) is 50.8 Å². The van der Waals surface area contributed by atoms with Crippen LogP contribution >= 0.6 is 0 Å². The highest BCUT2D eigenvalue weighted by atomic mass is 16.1. The van der Waals surface area contributed by atoms with Gasteiger partial charge < -0.3 is 30.4 Å². The van der Waals surface area contributed by atoms with Gasteiger partial charge in [-0.1, -0.05) is 25.1 Å². The van der Waals surface area contributed by atoms with Crippen LogP contribution < -0.4 is 15.5 Å². The minimum Gasteiger partial charge on any atom is -0.372 e. The lowest BCUT2D eigenvalue weighted by Gasteiger charge is -2.25. The van der Waals surface area contributed by atoms with Gasteiger partial charge in [0, 0.05) is 66.5 Å². The molecule has 2 aromatic carbocycles. The summed E-state index contributed by atoms with van der Waals surface area (Å²) in [7, 11) is 6.13. The van der Waals surface area contributed by atoms with Gasteiger partial charge in [-0.3, -0.25) is 4.79 Å². The molecule has 1 amide bonds. The maximum atomic E-state index is 12.3. The number of nitrogens with zero attached hydrogens (tertiary/aromatic N) is 4. The van der Waals surface area contributed by atoms with Crippen molar-refractivity contribution in [3.05, 3.63) is 60.4 Å². The number of H-pyrrole nitrogens is 2. The number of hydrogen-bond acceptors (Lipinski definition) is 6. The van der Waals surface area contributed by atoms with Crippen LogP contribution in [0.3, 0.4) is 0 Å². The Hall–Kier alpha value is -4.37. The van der Waals surface area contributed by atoms with E-state index in [4.69, 9.17) is 9.97 Å². The highest BCUT2D eigenvalue weighted by Crippen LogP contribution is 2.35. The molecule has 0 spiro atoms. The second-order valence-corrected chi connectivity index (χ2v) is 9.82. The number of hydrogen-bond donors (Lipinski definition) is 4. The number of carbonyl (C=O) groups excluding carboxylic acids is 1. The van der Waals surface area contributed by atoms with E-state index in [1.807, 2.05) is 64.7 Å². The molecule has 3 aromatic heterocycles. The first kappa shape index (κ1) is 25.3. The molecule has 0 aliphatic rings. The zero-order valence-corrected chi connectivity index (χ0v) is 22.5. The van der Waals surface area contributed by atoms with Crippen molar-refractivity contribution in [1.29, 1.82) is 0 Å². The summed E-state index contributed by atoms with van der Waals surface area (Å²) in [5, 5.41) is 8.49. The highest BCUT2D eigenvalue weighted by Gasteiger charge is 2.17. The third-order valence-corrected chi connectivity index (χ3v) is 6.74. The van der Waals surface area contributed by atoms with Crippen molar-refractivity contribution in [2.45, 2.75) is 20.3 Å². The summed E-state index contributed by atoms with van der Waals surface area (Å²) < 4.78 is 0. The molecule has 196 valence electrons. The molecule has 0 radical (unpaired) electrons. The van der Waals surface area contributed by atoms with Gasteiger partial charge in [0.25, 0.3) is 0 Å². The number of aryl methyl sites for hydroxylation is 1. The van der Waals surface area contributed by atoms with Crippen LogP contribution in [0.2, 0.25) is 0 Å². The number of rotatable bonds is 9.